The third-order valence-electron chi connectivity index (χ3n) is 4.89. The van der Waals surface area contributed by atoms with Gasteiger partial charge in [-0.3, -0.25) is 4.79 Å². The van der Waals surface area contributed by atoms with Gasteiger partial charge in [0.05, 0.1) is 19.2 Å². The number of methoxy groups -OCH3 is 1. The molecule has 1 heterocycles. The Balaban J connectivity index is 1.56. The molecule has 0 aromatic heterocycles. The lowest BCUT2D eigenvalue weighted by Crippen LogP contribution is -2.44. The van der Waals surface area contributed by atoms with Crippen molar-refractivity contribution in [2.45, 2.75) is 25.9 Å². The molecule has 0 aliphatic carbocycles. The lowest BCUT2D eigenvalue weighted by Gasteiger charge is -2.19. The number of guanidine groups is 1. The van der Waals surface area contributed by atoms with Crippen molar-refractivity contribution in [1.82, 2.24) is 10.6 Å². The summed E-state index contributed by atoms with van der Waals surface area (Å²) in [7, 11) is 1.69. The van der Waals surface area contributed by atoms with E-state index in [-0.39, 0.29) is 11.9 Å². The van der Waals surface area contributed by atoms with Gasteiger partial charge in [0.15, 0.2) is 5.96 Å². The van der Waals surface area contributed by atoms with Crippen molar-refractivity contribution in [3.8, 4) is 0 Å². The molecule has 2 aromatic carbocycles. The summed E-state index contributed by atoms with van der Waals surface area (Å²) in [4.78, 5) is 19.0. The minimum Gasteiger partial charge on any atom is -0.383 e. The van der Waals surface area contributed by atoms with Crippen LogP contribution < -0.4 is 20.9 Å². The molecule has 3 N–H and O–H groups in total. The van der Waals surface area contributed by atoms with E-state index in [0.29, 0.717) is 26.1 Å². The molecule has 1 aliphatic heterocycles. The van der Waals surface area contributed by atoms with Crippen LogP contribution in [0.3, 0.4) is 0 Å². The predicted molar refractivity (Wildman–Crippen MR) is 122 cm³/mol. The van der Waals surface area contributed by atoms with E-state index in [1.165, 1.54) is 0 Å². The van der Waals surface area contributed by atoms with Gasteiger partial charge in [-0.2, -0.15) is 0 Å². The average molecular weight is 410 g/mol. The number of amides is 1. The number of benzene rings is 2. The second-order valence-electron chi connectivity index (χ2n) is 7.20. The number of anilines is 2. The molecule has 0 spiro atoms. The number of nitrogens with zero attached hydrogens (tertiary/aromatic N) is 2. The van der Waals surface area contributed by atoms with Crippen LogP contribution in [0.15, 0.2) is 59.6 Å². The lowest BCUT2D eigenvalue weighted by atomic mass is 10.2. The zero-order valence-corrected chi connectivity index (χ0v) is 17.7. The van der Waals surface area contributed by atoms with Crippen LogP contribution in [0.5, 0.6) is 0 Å². The number of rotatable bonds is 9. The fourth-order valence-corrected chi connectivity index (χ4v) is 3.37. The highest BCUT2D eigenvalue weighted by atomic mass is 16.5. The number of carbonyl (C=O) groups excluding carboxylic acids is 1. The van der Waals surface area contributed by atoms with Crippen LogP contribution in [0.2, 0.25) is 0 Å². The fourth-order valence-electron chi connectivity index (χ4n) is 3.37. The first-order valence-electron chi connectivity index (χ1n) is 10.4. The number of hydrogen-bond donors (Lipinski definition) is 3. The van der Waals surface area contributed by atoms with Crippen LogP contribution in [0, 0.1) is 0 Å². The molecule has 1 fully saturated rings. The summed E-state index contributed by atoms with van der Waals surface area (Å²) in [5, 5.41) is 10.00. The molecule has 7 nitrogen and oxygen atoms in total. The van der Waals surface area contributed by atoms with E-state index in [9.17, 15) is 4.79 Å². The van der Waals surface area contributed by atoms with Gasteiger partial charge >= 0.3 is 0 Å². The van der Waals surface area contributed by atoms with Crippen molar-refractivity contribution in [3.63, 3.8) is 0 Å². The molecule has 1 unspecified atom stereocenters. The Morgan fingerprint density at radius 2 is 1.93 bits per heavy atom. The molecule has 1 atom stereocenters. The predicted octanol–water partition coefficient (Wildman–Crippen LogP) is 2.61. The summed E-state index contributed by atoms with van der Waals surface area (Å²) in [5.41, 5.74) is 3.13. The van der Waals surface area contributed by atoms with E-state index in [1.54, 1.807) is 7.11 Å². The standard InChI is InChI=1S/C23H31N5O2/c1-3-24-23(26-16-18-9-11-19(12-10-18)25-13-14-30-2)27-20-15-22(29)28(17-20)21-7-5-4-6-8-21/h4-12,20,25H,3,13-17H2,1-2H3,(H2,24,26,27). The number of carbonyl (C=O) groups is 1. The van der Waals surface area contributed by atoms with Gasteiger partial charge in [-0.05, 0) is 36.8 Å². The number of aliphatic imine (C=N–C) groups is 1. The van der Waals surface area contributed by atoms with E-state index >= 15 is 0 Å². The van der Waals surface area contributed by atoms with Gasteiger partial charge in [0.2, 0.25) is 5.91 Å². The van der Waals surface area contributed by atoms with Crippen LogP contribution in [0.1, 0.15) is 18.9 Å². The van der Waals surface area contributed by atoms with Gasteiger partial charge < -0.3 is 25.6 Å². The number of hydrogen-bond acceptors (Lipinski definition) is 4. The lowest BCUT2D eigenvalue weighted by molar-refractivity contribution is -0.117. The van der Waals surface area contributed by atoms with Gasteiger partial charge in [-0.15, -0.1) is 0 Å². The first-order valence-corrected chi connectivity index (χ1v) is 10.4. The Hall–Kier alpha value is -3.06. The van der Waals surface area contributed by atoms with Gasteiger partial charge in [-0.25, -0.2) is 4.99 Å². The Bertz CT molecular complexity index is 823. The zero-order chi connectivity index (χ0) is 21.2. The summed E-state index contributed by atoms with van der Waals surface area (Å²) >= 11 is 0. The SMILES string of the molecule is CCNC(=NCc1ccc(NCCOC)cc1)NC1CC(=O)N(c2ccccc2)C1. The molecule has 0 bridgehead atoms. The van der Waals surface area contributed by atoms with Crippen molar-refractivity contribution >= 4 is 23.2 Å². The summed E-state index contributed by atoms with van der Waals surface area (Å²) in [5.74, 6) is 0.860. The van der Waals surface area contributed by atoms with Gasteiger partial charge in [0, 0.05) is 44.5 Å². The van der Waals surface area contributed by atoms with Crippen molar-refractivity contribution in [2.24, 2.45) is 4.99 Å². The van der Waals surface area contributed by atoms with Crippen molar-refractivity contribution < 1.29 is 9.53 Å². The second kappa shape index (κ2) is 11.2. The van der Waals surface area contributed by atoms with Gasteiger partial charge in [0.25, 0.3) is 0 Å². The van der Waals surface area contributed by atoms with E-state index in [1.807, 2.05) is 54.3 Å². The number of ether oxygens (including phenoxy) is 1. The Morgan fingerprint density at radius 1 is 1.17 bits per heavy atom. The average Bonchev–Trinajstić information content (AvgIpc) is 3.14. The maximum atomic E-state index is 12.4. The van der Waals surface area contributed by atoms with Crippen LogP contribution in [-0.2, 0) is 16.1 Å². The third-order valence-corrected chi connectivity index (χ3v) is 4.89. The number of para-hydroxylation sites is 1. The van der Waals surface area contributed by atoms with Crippen LogP contribution in [0.4, 0.5) is 11.4 Å². The molecule has 0 saturated carbocycles. The Kier molecular flexibility index (Phi) is 8.09. The third kappa shape index (κ3) is 6.22. The largest absolute Gasteiger partial charge is 0.383 e. The highest BCUT2D eigenvalue weighted by molar-refractivity contribution is 5.97. The van der Waals surface area contributed by atoms with E-state index in [0.717, 1.165) is 36.0 Å². The maximum Gasteiger partial charge on any atom is 0.229 e. The summed E-state index contributed by atoms with van der Waals surface area (Å²) in [6.07, 6.45) is 0.459. The van der Waals surface area contributed by atoms with Crippen LogP contribution in [-0.4, -0.2) is 51.3 Å². The Labute approximate surface area is 178 Å². The second-order valence-corrected chi connectivity index (χ2v) is 7.20. The molecular weight excluding hydrogens is 378 g/mol. The Morgan fingerprint density at radius 3 is 2.63 bits per heavy atom. The topological polar surface area (TPSA) is 78.0 Å². The monoisotopic (exact) mass is 409 g/mol. The number of nitrogens with one attached hydrogen (secondary N) is 3. The quantitative estimate of drug-likeness (QED) is 0.337. The van der Waals surface area contributed by atoms with Crippen molar-refractivity contribution in [2.75, 3.05) is 43.6 Å². The van der Waals surface area contributed by atoms with Crippen molar-refractivity contribution in [1.29, 1.82) is 0 Å². The highest BCUT2D eigenvalue weighted by Crippen LogP contribution is 2.21. The zero-order valence-electron chi connectivity index (χ0n) is 17.7. The molecule has 7 heteroatoms. The van der Waals surface area contributed by atoms with Gasteiger partial charge in [0.1, 0.15) is 0 Å². The van der Waals surface area contributed by atoms with E-state index in [4.69, 9.17) is 9.73 Å². The van der Waals surface area contributed by atoms with Crippen LogP contribution in [0.25, 0.3) is 0 Å². The molecule has 3 rings (SSSR count). The summed E-state index contributed by atoms with van der Waals surface area (Å²) in [6, 6.07) is 18.1. The first-order chi connectivity index (χ1) is 14.7. The molecule has 2 aromatic rings. The summed E-state index contributed by atoms with van der Waals surface area (Å²) in [6.45, 7) is 5.45. The normalized spacial score (nSPS) is 16.6. The van der Waals surface area contributed by atoms with Gasteiger partial charge in [-0.1, -0.05) is 30.3 Å². The minimum absolute atomic E-state index is 0.0304. The molecule has 1 aliphatic rings. The van der Waals surface area contributed by atoms with Crippen molar-refractivity contribution in [3.05, 3.63) is 60.2 Å². The molecule has 160 valence electrons. The molecular formula is C23H31N5O2. The van der Waals surface area contributed by atoms with Crippen LogP contribution >= 0.6 is 0 Å². The fraction of sp³-hybridized carbons (Fsp3) is 0.391. The first kappa shape index (κ1) is 21.6. The molecule has 1 amide bonds. The van der Waals surface area contributed by atoms with E-state index in [2.05, 4.69) is 28.1 Å². The maximum absolute atomic E-state index is 12.4. The van der Waals surface area contributed by atoms with E-state index < -0.39 is 0 Å². The summed E-state index contributed by atoms with van der Waals surface area (Å²) < 4.78 is 5.05. The highest BCUT2D eigenvalue weighted by Gasteiger charge is 2.31. The molecule has 1 saturated heterocycles. The molecule has 30 heavy (non-hydrogen) atoms. The molecule has 0 radical (unpaired) electrons. The minimum atomic E-state index is 0.0304. The smallest absolute Gasteiger partial charge is 0.229 e.